The van der Waals surface area contributed by atoms with E-state index in [1.54, 1.807) is 24.4 Å². The van der Waals surface area contributed by atoms with Gasteiger partial charge in [-0.2, -0.15) is 0 Å². The number of benzene rings is 1. The second-order valence-electron chi connectivity index (χ2n) is 6.79. The molecule has 3 heterocycles. The lowest BCUT2D eigenvalue weighted by Crippen LogP contribution is -2.31. The number of carbonyl (C=O) groups excluding carboxylic acids is 1. The summed E-state index contributed by atoms with van der Waals surface area (Å²) in [4.78, 5) is 30.3. The van der Waals surface area contributed by atoms with Crippen molar-refractivity contribution in [1.29, 1.82) is 0 Å². The van der Waals surface area contributed by atoms with Crippen LogP contribution in [0.3, 0.4) is 0 Å². The molecule has 0 atom stereocenters. The summed E-state index contributed by atoms with van der Waals surface area (Å²) < 4.78 is 7.56. The molecular formula is C21H20ClN3O3. The van der Waals surface area contributed by atoms with Gasteiger partial charge in [0.1, 0.15) is 17.7 Å². The zero-order valence-electron chi connectivity index (χ0n) is 15.5. The van der Waals surface area contributed by atoms with Crippen LogP contribution in [-0.4, -0.2) is 22.1 Å². The number of halogens is 1. The molecule has 0 saturated heterocycles. The SMILES string of the molecule is CCCc1cc2c(=O)c(C(=O)NCc3ccc(Cl)cc3)cn3c2c(n1)OCC3. The van der Waals surface area contributed by atoms with E-state index in [4.69, 9.17) is 16.3 Å². The average molecular weight is 398 g/mol. The van der Waals surface area contributed by atoms with Gasteiger partial charge >= 0.3 is 0 Å². The molecule has 1 N–H and O–H groups in total. The molecule has 0 unspecified atom stereocenters. The third-order valence-electron chi connectivity index (χ3n) is 4.76. The monoisotopic (exact) mass is 397 g/mol. The van der Waals surface area contributed by atoms with Crippen LogP contribution in [0.5, 0.6) is 5.88 Å². The predicted octanol–water partition coefficient (Wildman–Crippen LogP) is 3.32. The fourth-order valence-corrected chi connectivity index (χ4v) is 3.51. The van der Waals surface area contributed by atoms with Crippen molar-refractivity contribution in [2.24, 2.45) is 0 Å². The molecule has 1 amide bonds. The molecule has 144 valence electrons. The molecule has 6 nitrogen and oxygen atoms in total. The van der Waals surface area contributed by atoms with Gasteiger partial charge in [-0.05, 0) is 30.2 Å². The van der Waals surface area contributed by atoms with Crippen LogP contribution in [0.4, 0.5) is 0 Å². The van der Waals surface area contributed by atoms with Crippen LogP contribution in [-0.2, 0) is 19.5 Å². The molecule has 0 spiro atoms. The largest absolute Gasteiger partial charge is 0.474 e. The van der Waals surface area contributed by atoms with E-state index in [9.17, 15) is 9.59 Å². The number of hydrogen-bond donors (Lipinski definition) is 1. The van der Waals surface area contributed by atoms with Gasteiger partial charge in [-0.1, -0.05) is 37.1 Å². The Morgan fingerprint density at radius 1 is 1.32 bits per heavy atom. The van der Waals surface area contributed by atoms with Gasteiger partial charge in [-0.3, -0.25) is 9.59 Å². The summed E-state index contributed by atoms with van der Waals surface area (Å²) >= 11 is 5.89. The minimum Gasteiger partial charge on any atom is -0.474 e. The first-order valence-electron chi connectivity index (χ1n) is 9.29. The van der Waals surface area contributed by atoms with Crippen molar-refractivity contribution < 1.29 is 9.53 Å². The molecule has 0 bridgehead atoms. The number of rotatable bonds is 5. The predicted molar refractivity (Wildman–Crippen MR) is 108 cm³/mol. The maximum atomic E-state index is 13.1. The molecule has 1 aromatic carbocycles. The van der Waals surface area contributed by atoms with Crippen LogP contribution < -0.4 is 15.5 Å². The van der Waals surface area contributed by atoms with Gasteiger partial charge in [-0.25, -0.2) is 4.98 Å². The molecule has 1 aliphatic heterocycles. The Bertz CT molecular complexity index is 1110. The Labute approximate surface area is 167 Å². The molecule has 1 aliphatic rings. The average Bonchev–Trinajstić information content (AvgIpc) is 2.70. The van der Waals surface area contributed by atoms with Gasteiger partial charge in [0.15, 0.2) is 0 Å². The van der Waals surface area contributed by atoms with Gasteiger partial charge < -0.3 is 14.6 Å². The maximum absolute atomic E-state index is 13.1. The summed E-state index contributed by atoms with van der Waals surface area (Å²) in [5.74, 6) is 0.0740. The highest BCUT2D eigenvalue weighted by atomic mass is 35.5. The molecule has 3 aromatic rings. The summed E-state index contributed by atoms with van der Waals surface area (Å²) in [5, 5.41) is 3.94. The molecule has 28 heavy (non-hydrogen) atoms. The number of nitrogens with one attached hydrogen (secondary N) is 1. The first kappa shape index (κ1) is 18.5. The molecule has 0 aliphatic carbocycles. The van der Waals surface area contributed by atoms with E-state index >= 15 is 0 Å². The Morgan fingerprint density at radius 2 is 2.11 bits per heavy atom. The molecule has 7 heteroatoms. The molecular weight excluding hydrogens is 378 g/mol. The number of carbonyl (C=O) groups is 1. The fourth-order valence-electron chi connectivity index (χ4n) is 3.38. The van der Waals surface area contributed by atoms with Crippen LogP contribution in [0.15, 0.2) is 41.3 Å². The van der Waals surface area contributed by atoms with Crippen molar-refractivity contribution in [3.8, 4) is 5.88 Å². The Morgan fingerprint density at radius 3 is 2.86 bits per heavy atom. The maximum Gasteiger partial charge on any atom is 0.257 e. The van der Waals surface area contributed by atoms with Gasteiger partial charge in [0.05, 0.1) is 11.9 Å². The lowest BCUT2D eigenvalue weighted by molar-refractivity contribution is 0.0949. The van der Waals surface area contributed by atoms with Gasteiger partial charge in [0.25, 0.3) is 5.91 Å². The minimum atomic E-state index is -0.396. The standard InChI is InChI=1S/C21H20ClN3O3/c1-2-3-15-10-16-18-21(24-15)28-9-8-25(18)12-17(19(16)26)20(27)23-11-13-4-6-14(22)7-5-13/h4-7,10,12H,2-3,8-9,11H2,1H3,(H,23,27). The van der Waals surface area contributed by atoms with Gasteiger partial charge in [0, 0.05) is 23.5 Å². The quantitative estimate of drug-likeness (QED) is 0.716. The normalized spacial score (nSPS) is 12.6. The Kier molecular flexibility index (Phi) is 5.05. The van der Waals surface area contributed by atoms with Crippen molar-refractivity contribution >= 4 is 28.4 Å². The third-order valence-corrected chi connectivity index (χ3v) is 5.02. The highest BCUT2D eigenvalue weighted by Crippen LogP contribution is 2.26. The number of hydrogen-bond acceptors (Lipinski definition) is 4. The number of pyridine rings is 2. The molecule has 2 aromatic heterocycles. The highest BCUT2D eigenvalue weighted by molar-refractivity contribution is 6.30. The van der Waals surface area contributed by atoms with E-state index in [0.29, 0.717) is 41.5 Å². The van der Waals surface area contributed by atoms with E-state index in [0.717, 1.165) is 24.1 Å². The van der Waals surface area contributed by atoms with Crippen molar-refractivity contribution in [2.45, 2.75) is 32.9 Å². The molecule has 0 saturated carbocycles. The minimum absolute atomic E-state index is 0.128. The summed E-state index contributed by atoms with van der Waals surface area (Å²) in [6.07, 6.45) is 3.27. The smallest absolute Gasteiger partial charge is 0.257 e. The Hall–Kier alpha value is -2.86. The van der Waals surface area contributed by atoms with E-state index < -0.39 is 5.91 Å². The second-order valence-corrected chi connectivity index (χ2v) is 7.22. The highest BCUT2D eigenvalue weighted by Gasteiger charge is 2.22. The van der Waals surface area contributed by atoms with E-state index in [1.165, 1.54) is 0 Å². The fraction of sp³-hybridized carbons (Fsp3) is 0.286. The molecule has 0 fully saturated rings. The summed E-state index contributed by atoms with van der Waals surface area (Å²) in [6, 6.07) is 8.99. The summed E-state index contributed by atoms with van der Waals surface area (Å²) in [7, 11) is 0. The van der Waals surface area contributed by atoms with Crippen molar-refractivity contribution in [3.63, 3.8) is 0 Å². The zero-order valence-corrected chi connectivity index (χ0v) is 16.3. The number of aryl methyl sites for hydroxylation is 1. The first-order chi connectivity index (χ1) is 13.6. The topological polar surface area (TPSA) is 73.2 Å². The number of amides is 1. The lowest BCUT2D eigenvalue weighted by Gasteiger charge is -2.21. The zero-order chi connectivity index (χ0) is 19.7. The van der Waals surface area contributed by atoms with Crippen LogP contribution in [0, 0.1) is 0 Å². The van der Waals surface area contributed by atoms with Crippen LogP contribution in [0.2, 0.25) is 5.02 Å². The third kappa shape index (κ3) is 3.47. The number of nitrogens with zero attached hydrogens (tertiary/aromatic N) is 2. The van der Waals surface area contributed by atoms with Crippen LogP contribution in [0.1, 0.15) is 35.0 Å². The second kappa shape index (κ2) is 7.64. The van der Waals surface area contributed by atoms with Gasteiger partial charge in [0.2, 0.25) is 11.3 Å². The number of aromatic nitrogens is 2. The van der Waals surface area contributed by atoms with Crippen LogP contribution >= 0.6 is 11.6 Å². The van der Waals surface area contributed by atoms with Crippen molar-refractivity contribution in [2.75, 3.05) is 6.61 Å². The van der Waals surface area contributed by atoms with E-state index in [1.807, 2.05) is 16.7 Å². The van der Waals surface area contributed by atoms with E-state index in [2.05, 4.69) is 17.2 Å². The summed E-state index contributed by atoms with van der Waals surface area (Å²) in [6.45, 7) is 3.39. The van der Waals surface area contributed by atoms with E-state index in [-0.39, 0.29) is 11.0 Å². The molecule has 0 radical (unpaired) electrons. The van der Waals surface area contributed by atoms with Crippen molar-refractivity contribution in [3.05, 3.63) is 68.6 Å². The van der Waals surface area contributed by atoms with Crippen LogP contribution in [0.25, 0.3) is 10.9 Å². The summed E-state index contributed by atoms with van der Waals surface area (Å²) in [5.41, 5.74) is 2.19. The van der Waals surface area contributed by atoms with Gasteiger partial charge in [-0.15, -0.1) is 0 Å². The number of ether oxygens (including phenoxy) is 1. The van der Waals surface area contributed by atoms with Crippen molar-refractivity contribution in [1.82, 2.24) is 14.9 Å². The lowest BCUT2D eigenvalue weighted by atomic mass is 10.1. The molecule has 4 rings (SSSR count). The first-order valence-corrected chi connectivity index (χ1v) is 9.67. The Balaban J connectivity index is 1.71.